The van der Waals surface area contributed by atoms with Crippen molar-refractivity contribution in [3.63, 3.8) is 0 Å². The van der Waals surface area contributed by atoms with Gasteiger partial charge in [-0.1, -0.05) is 11.3 Å². The third-order valence-corrected chi connectivity index (χ3v) is 6.84. The predicted molar refractivity (Wildman–Crippen MR) is 120 cm³/mol. The summed E-state index contributed by atoms with van der Waals surface area (Å²) in [5.41, 5.74) is 5.11. The SMILES string of the molecule is CN1CCN([C@H]2C[C@@H](Nc3ncc4c(-c5ccc6nnn(C)c6c5)ccn4n3)C2)CC1. The van der Waals surface area contributed by atoms with E-state index in [2.05, 4.69) is 55.7 Å². The second-order valence-electron chi connectivity index (χ2n) is 8.86. The van der Waals surface area contributed by atoms with Gasteiger partial charge in [-0.3, -0.25) is 4.90 Å². The van der Waals surface area contributed by atoms with Gasteiger partial charge in [-0.05, 0) is 43.7 Å². The molecule has 160 valence electrons. The van der Waals surface area contributed by atoms with Gasteiger partial charge in [0.15, 0.2) is 0 Å². The molecule has 0 bridgehead atoms. The first-order valence-electron chi connectivity index (χ1n) is 11.0. The van der Waals surface area contributed by atoms with Crippen molar-refractivity contribution in [2.45, 2.75) is 24.9 Å². The fraction of sp³-hybridized carbons (Fsp3) is 0.455. The Morgan fingerprint density at radius 3 is 2.68 bits per heavy atom. The molecule has 1 N–H and O–H groups in total. The number of hydrogen-bond acceptors (Lipinski definition) is 7. The Labute approximate surface area is 180 Å². The average molecular weight is 418 g/mol. The van der Waals surface area contributed by atoms with Crippen LogP contribution in [0.5, 0.6) is 0 Å². The van der Waals surface area contributed by atoms with Gasteiger partial charge < -0.3 is 10.2 Å². The van der Waals surface area contributed by atoms with E-state index in [1.54, 1.807) is 4.68 Å². The number of hydrogen-bond donors (Lipinski definition) is 1. The molecule has 2 aliphatic rings. The Morgan fingerprint density at radius 1 is 1.00 bits per heavy atom. The summed E-state index contributed by atoms with van der Waals surface area (Å²) in [6.07, 6.45) is 6.24. The normalized spacial score (nSPS) is 22.8. The summed E-state index contributed by atoms with van der Waals surface area (Å²) in [6, 6.07) is 9.44. The van der Waals surface area contributed by atoms with Crippen molar-refractivity contribution in [2.24, 2.45) is 7.05 Å². The van der Waals surface area contributed by atoms with E-state index in [0.29, 0.717) is 18.0 Å². The Balaban J connectivity index is 1.16. The summed E-state index contributed by atoms with van der Waals surface area (Å²) < 4.78 is 3.70. The summed E-state index contributed by atoms with van der Waals surface area (Å²) >= 11 is 0. The molecule has 2 fully saturated rings. The molecule has 0 atom stereocenters. The highest BCUT2D eigenvalue weighted by Gasteiger charge is 2.35. The molecule has 1 aromatic carbocycles. The number of rotatable bonds is 4. The van der Waals surface area contributed by atoms with Gasteiger partial charge in [0.25, 0.3) is 0 Å². The van der Waals surface area contributed by atoms with E-state index in [-0.39, 0.29) is 0 Å². The van der Waals surface area contributed by atoms with Gasteiger partial charge in [0.2, 0.25) is 5.95 Å². The molecule has 0 spiro atoms. The number of nitrogens with zero attached hydrogens (tertiary/aromatic N) is 8. The van der Waals surface area contributed by atoms with Crippen molar-refractivity contribution < 1.29 is 0 Å². The molecule has 9 nitrogen and oxygen atoms in total. The van der Waals surface area contributed by atoms with E-state index in [1.165, 1.54) is 39.0 Å². The number of aryl methyl sites for hydroxylation is 1. The molecule has 1 saturated heterocycles. The highest BCUT2D eigenvalue weighted by molar-refractivity contribution is 5.87. The first-order valence-corrected chi connectivity index (χ1v) is 11.0. The fourth-order valence-electron chi connectivity index (χ4n) is 4.78. The first kappa shape index (κ1) is 18.7. The number of likely N-dealkylation sites (N-methyl/N-ethyl adjacent to an activating group) is 1. The monoisotopic (exact) mass is 417 g/mol. The zero-order chi connectivity index (χ0) is 20.9. The minimum Gasteiger partial charge on any atom is -0.350 e. The molecule has 31 heavy (non-hydrogen) atoms. The van der Waals surface area contributed by atoms with Crippen molar-refractivity contribution in [1.29, 1.82) is 0 Å². The first-order chi connectivity index (χ1) is 15.1. The van der Waals surface area contributed by atoms with Gasteiger partial charge in [-0.15, -0.1) is 10.2 Å². The Morgan fingerprint density at radius 2 is 1.84 bits per heavy atom. The second kappa shape index (κ2) is 7.28. The van der Waals surface area contributed by atoms with Gasteiger partial charge >= 0.3 is 0 Å². The van der Waals surface area contributed by atoms with Gasteiger partial charge in [0.05, 0.1) is 17.2 Å². The highest BCUT2D eigenvalue weighted by Crippen LogP contribution is 2.30. The van der Waals surface area contributed by atoms with Crippen LogP contribution in [-0.2, 0) is 7.05 Å². The van der Waals surface area contributed by atoms with Crippen molar-refractivity contribution in [3.8, 4) is 11.1 Å². The van der Waals surface area contributed by atoms with Crippen molar-refractivity contribution >= 4 is 22.5 Å². The van der Waals surface area contributed by atoms with Crippen LogP contribution in [-0.4, -0.2) is 84.7 Å². The van der Waals surface area contributed by atoms with E-state index in [4.69, 9.17) is 5.10 Å². The summed E-state index contributed by atoms with van der Waals surface area (Å²) in [5.74, 6) is 0.697. The fourth-order valence-corrected chi connectivity index (χ4v) is 4.78. The Kier molecular flexibility index (Phi) is 4.39. The maximum Gasteiger partial charge on any atom is 0.241 e. The third-order valence-electron chi connectivity index (χ3n) is 6.84. The molecule has 0 unspecified atom stereocenters. The predicted octanol–water partition coefficient (Wildman–Crippen LogP) is 1.87. The van der Waals surface area contributed by atoms with Crippen LogP contribution < -0.4 is 5.32 Å². The van der Waals surface area contributed by atoms with Crippen LogP contribution in [0.1, 0.15) is 12.8 Å². The molecule has 1 aliphatic carbocycles. The number of fused-ring (bicyclic) bond motifs is 2. The lowest BCUT2D eigenvalue weighted by Gasteiger charge is -2.46. The zero-order valence-electron chi connectivity index (χ0n) is 17.9. The van der Waals surface area contributed by atoms with E-state index in [0.717, 1.165) is 27.7 Å². The number of piperazine rings is 1. The maximum absolute atomic E-state index is 4.70. The molecule has 0 radical (unpaired) electrons. The average Bonchev–Trinajstić information content (AvgIpc) is 3.34. The Hall–Kier alpha value is -3.04. The van der Waals surface area contributed by atoms with Crippen LogP contribution in [0.15, 0.2) is 36.7 Å². The van der Waals surface area contributed by atoms with Crippen LogP contribution in [0, 0.1) is 0 Å². The molecular weight excluding hydrogens is 390 g/mol. The number of benzene rings is 1. The van der Waals surface area contributed by atoms with E-state index in [9.17, 15) is 0 Å². The molecule has 0 amide bonds. The standard InChI is InChI=1S/C22H27N9/c1-28-7-9-30(10-8-28)17-12-16(13-17)24-22-23-14-21-18(5-6-31(21)26-22)15-3-4-19-20(11-15)29(2)27-25-19/h3-6,11,14,16-17H,7-10,12-13H2,1-2H3,(H,24,26)/t16-,17+. The molecule has 4 aromatic rings. The van der Waals surface area contributed by atoms with Crippen molar-refractivity contribution in [3.05, 3.63) is 36.7 Å². The lowest BCUT2D eigenvalue weighted by Crippen LogP contribution is -2.55. The third kappa shape index (κ3) is 3.34. The lowest BCUT2D eigenvalue weighted by molar-refractivity contribution is 0.0656. The van der Waals surface area contributed by atoms with E-state index in [1.807, 2.05) is 30.0 Å². The molecule has 6 rings (SSSR count). The quantitative estimate of drug-likeness (QED) is 0.543. The van der Waals surface area contributed by atoms with Crippen LogP contribution >= 0.6 is 0 Å². The smallest absolute Gasteiger partial charge is 0.241 e. The van der Waals surface area contributed by atoms with Crippen molar-refractivity contribution in [2.75, 3.05) is 38.5 Å². The maximum atomic E-state index is 4.70. The zero-order valence-corrected chi connectivity index (χ0v) is 17.9. The second-order valence-corrected chi connectivity index (χ2v) is 8.86. The van der Waals surface area contributed by atoms with Gasteiger partial charge in [-0.25, -0.2) is 14.2 Å². The van der Waals surface area contributed by atoms with Crippen molar-refractivity contribution in [1.82, 2.24) is 39.4 Å². The van der Waals surface area contributed by atoms with Crippen LogP contribution in [0.3, 0.4) is 0 Å². The Bertz CT molecular complexity index is 1230. The lowest BCUT2D eigenvalue weighted by atomic mass is 9.85. The number of anilines is 1. The molecule has 3 aromatic heterocycles. The summed E-state index contributed by atoms with van der Waals surface area (Å²) in [7, 11) is 4.11. The van der Waals surface area contributed by atoms with Crippen LogP contribution in [0.25, 0.3) is 27.7 Å². The molecule has 9 heteroatoms. The molecule has 1 aliphatic heterocycles. The number of nitrogens with one attached hydrogen (secondary N) is 1. The molecular formula is C22H27N9. The summed E-state index contributed by atoms with van der Waals surface area (Å²) in [4.78, 5) is 9.65. The van der Waals surface area contributed by atoms with E-state index < -0.39 is 0 Å². The molecule has 1 saturated carbocycles. The largest absolute Gasteiger partial charge is 0.350 e. The number of aromatic nitrogens is 6. The van der Waals surface area contributed by atoms with Crippen LogP contribution in [0.4, 0.5) is 5.95 Å². The highest BCUT2D eigenvalue weighted by atomic mass is 15.4. The van der Waals surface area contributed by atoms with Gasteiger partial charge in [-0.2, -0.15) is 0 Å². The van der Waals surface area contributed by atoms with Gasteiger partial charge in [0, 0.05) is 57.1 Å². The van der Waals surface area contributed by atoms with Crippen LogP contribution in [0.2, 0.25) is 0 Å². The summed E-state index contributed by atoms with van der Waals surface area (Å²) in [6.45, 7) is 4.72. The van der Waals surface area contributed by atoms with Gasteiger partial charge in [0.1, 0.15) is 5.52 Å². The minimum atomic E-state index is 0.455. The minimum absolute atomic E-state index is 0.455. The topological polar surface area (TPSA) is 79.4 Å². The molecule has 4 heterocycles. The van der Waals surface area contributed by atoms with E-state index >= 15 is 0 Å². The summed E-state index contributed by atoms with van der Waals surface area (Å²) in [5, 5.41) is 16.5.